The van der Waals surface area contributed by atoms with Gasteiger partial charge >= 0.3 is 0 Å². The van der Waals surface area contributed by atoms with Gasteiger partial charge in [0.25, 0.3) is 11.8 Å². The van der Waals surface area contributed by atoms with Gasteiger partial charge in [0.05, 0.1) is 23.9 Å². The fourth-order valence-electron chi connectivity index (χ4n) is 3.07. The van der Waals surface area contributed by atoms with E-state index in [4.69, 9.17) is 21.1 Å². The summed E-state index contributed by atoms with van der Waals surface area (Å²) < 4.78 is 11.1. The van der Waals surface area contributed by atoms with Crippen LogP contribution in [-0.4, -0.2) is 18.9 Å². The summed E-state index contributed by atoms with van der Waals surface area (Å²) in [5.41, 5.74) is 2.65. The van der Waals surface area contributed by atoms with E-state index in [-0.39, 0.29) is 5.91 Å². The predicted molar refractivity (Wildman–Crippen MR) is 112 cm³/mol. The number of carbonyl (C=O) groups excluding carboxylic acids is 2. The van der Waals surface area contributed by atoms with Crippen LogP contribution in [0, 0.1) is 6.92 Å². The second-order valence-electron chi connectivity index (χ2n) is 6.57. The monoisotopic (exact) mass is 408 g/mol. The smallest absolute Gasteiger partial charge is 0.259 e. The van der Waals surface area contributed by atoms with E-state index in [0.29, 0.717) is 44.8 Å². The third kappa shape index (κ3) is 3.75. The van der Waals surface area contributed by atoms with E-state index in [0.717, 1.165) is 5.56 Å². The Hall–Kier alpha value is -3.51. The lowest BCUT2D eigenvalue weighted by Crippen LogP contribution is -2.15. The van der Waals surface area contributed by atoms with Gasteiger partial charge in [-0.3, -0.25) is 9.59 Å². The molecule has 29 heavy (non-hydrogen) atoms. The zero-order chi connectivity index (χ0) is 20.5. The Bertz CT molecular complexity index is 1140. The van der Waals surface area contributed by atoms with Crippen molar-refractivity contribution in [2.75, 3.05) is 17.7 Å². The summed E-state index contributed by atoms with van der Waals surface area (Å²) in [5.74, 6) is 0.638. The van der Waals surface area contributed by atoms with Gasteiger partial charge in [0.1, 0.15) is 11.5 Å². The summed E-state index contributed by atoms with van der Waals surface area (Å²) >= 11 is 6.00. The zero-order valence-electron chi connectivity index (χ0n) is 15.7. The Balaban J connectivity index is 1.63. The molecule has 0 bridgehead atoms. The first-order valence-electron chi connectivity index (χ1n) is 8.83. The van der Waals surface area contributed by atoms with Crippen molar-refractivity contribution < 1.29 is 19.1 Å². The van der Waals surface area contributed by atoms with Gasteiger partial charge < -0.3 is 20.1 Å². The number of benzene rings is 3. The van der Waals surface area contributed by atoms with E-state index >= 15 is 0 Å². The van der Waals surface area contributed by atoms with E-state index in [1.165, 1.54) is 13.2 Å². The van der Waals surface area contributed by atoms with Crippen LogP contribution in [-0.2, 0) is 0 Å². The molecule has 3 aromatic rings. The molecule has 0 spiro atoms. The number of amides is 2. The van der Waals surface area contributed by atoms with Crippen molar-refractivity contribution in [1.29, 1.82) is 0 Å². The molecule has 2 amide bonds. The number of methoxy groups -OCH3 is 1. The lowest BCUT2D eigenvalue weighted by atomic mass is 10.1. The number of ether oxygens (including phenoxy) is 2. The van der Waals surface area contributed by atoms with E-state index in [2.05, 4.69) is 10.6 Å². The summed E-state index contributed by atoms with van der Waals surface area (Å²) in [6.07, 6.45) is 0. The summed E-state index contributed by atoms with van der Waals surface area (Å²) in [6, 6.07) is 15.2. The zero-order valence-corrected chi connectivity index (χ0v) is 16.5. The molecule has 4 rings (SSSR count). The number of anilines is 2. The standard InChI is InChI=1S/C22H17ClN2O4/c1-12-3-6-20-17(9-12)25-22(27)16-11-14(5-8-19(16)29-20)24-21(26)15-10-13(23)4-7-18(15)28-2/h3-11H,1-2H3,(H,24,26)(H,25,27). The molecule has 1 heterocycles. The number of nitrogens with one attached hydrogen (secondary N) is 2. The maximum absolute atomic E-state index is 12.7. The molecule has 6 nitrogen and oxygen atoms in total. The quantitative estimate of drug-likeness (QED) is 0.619. The highest BCUT2D eigenvalue weighted by molar-refractivity contribution is 6.31. The van der Waals surface area contributed by atoms with E-state index < -0.39 is 5.91 Å². The molecule has 3 aromatic carbocycles. The van der Waals surface area contributed by atoms with Crippen LogP contribution in [0.5, 0.6) is 17.2 Å². The molecule has 2 N–H and O–H groups in total. The van der Waals surface area contributed by atoms with Crippen LogP contribution >= 0.6 is 11.6 Å². The maximum atomic E-state index is 12.7. The van der Waals surface area contributed by atoms with Gasteiger partial charge in [-0.15, -0.1) is 0 Å². The van der Waals surface area contributed by atoms with Crippen molar-refractivity contribution in [1.82, 2.24) is 0 Å². The largest absolute Gasteiger partial charge is 0.496 e. The van der Waals surface area contributed by atoms with E-state index in [9.17, 15) is 9.59 Å². The Labute approximate surface area is 172 Å². The van der Waals surface area contributed by atoms with Gasteiger partial charge in [0.15, 0.2) is 5.75 Å². The van der Waals surface area contributed by atoms with Gasteiger partial charge in [-0.25, -0.2) is 0 Å². The lowest BCUT2D eigenvalue weighted by Gasteiger charge is -2.12. The molecule has 1 aliphatic heterocycles. The summed E-state index contributed by atoms with van der Waals surface area (Å²) in [4.78, 5) is 25.4. The van der Waals surface area contributed by atoms with Crippen molar-refractivity contribution >= 4 is 34.8 Å². The number of hydrogen-bond acceptors (Lipinski definition) is 4. The van der Waals surface area contributed by atoms with E-state index in [1.807, 2.05) is 19.1 Å². The first-order valence-corrected chi connectivity index (χ1v) is 9.21. The summed E-state index contributed by atoms with van der Waals surface area (Å²) in [5, 5.41) is 6.03. The average molecular weight is 409 g/mol. The Morgan fingerprint density at radius 1 is 1.07 bits per heavy atom. The van der Waals surface area contributed by atoms with Crippen LogP contribution in [0.4, 0.5) is 11.4 Å². The van der Waals surface area contributed by atoms with Crippen LogP contribution in [0.1, 0.15) is 26.3 Å². The number of carbonyl (C=O) groups is 2. The molecule has 1 aliphatic rings. The molecule has 0 saturated heterocycles. The highest BCUT2D eigenvalue weighted by Crippen LogP contribution is 2.37. The Kier molecular flexibility index (Phi) is 4.86. The second kappa shape index (κ2) is 7.48. The average Bonchev–Trinajstić information content (AvgIpc) is 2.83. The normalized spacial score (nSPS) is 12.0. The Morgan fingerprint density at radius 3 is 2.66 bits per heavy atom. The van der Waals surface area contributed by atoms with Crippen molar-refractivity contribution in [2.45, 2.75) is 6.92 Å². The molecule has 146 valence electrons. The van der Waals surface area contributed by atoms with Crippen molar-refractivity contribution in [3.63, 3.8) is 0 Å². The number of rotatable bonds is 3. The fourth-order valence-corrected chi connectivity index (χ4v) is 3.24. The number of hydrogen-bond donors (Lipinski definition) is 2. The van der Waals surface area contributed by atoms with Crippen molar-refractivity contribution in [3.8, 4) is 17.2 Å². The summed E-state index contributed by atoms with van der Waals surface area (Å²) in [7, 11) is 1.48. The topological polar surface area (TPSA) is 76.7 Å². The molecule has 7 heteroatoms. The minimum absolute atomic E-state index is 0.290. The number of aryl methyl sites for hydroxylation is 1. The lowest BCUT2D eigenvalue weighted by molar-refractivity contribution is 0.101. The molecule has 0 atom stereocenters. The van der Waals surface area contributed by atoms with Crippen molar-refractivity contribution in [2.24, 2.45) is 0 Å². The third-order valence-electron chi connectivity index (χ3n) is 4.49. The maximum Gasteiger partial charge on any atom is 0.259 e. The van der Waals surface area contributed by atoms with Crippen LogP contribution in [0.2, 0.25) is 5.02 Å². The molecular formula is C22H17ClN2O4. The minimum Gasteiger partial charge on any atom is -0.496 e. The molecule has 0 aromatic heterocycles. The molecule has 0 fully saturated rings. The van der Waals surface area contributed by atoms with E-state index in [1.54, 1.807) is 36.4 Å². The van der Waals surface area contributed by atoms with Crippen LogP contribution in [0.3, 0.4) is 0 Å². The number of halogens is 1. The summed E-state index contributed by atoms with van der Waals surface area (Å²) in [6.45, 7) is 1.93. The molecular weight excluding hydrogens is 392 g/mol. The van der Waals surface area contributed by atoms with Gasteiger partial charge in [0.2, 0.25) is 0 Å². The Morgan fingerprint density at radius 2 is 1.86 bits per heavy atom. The molecule has 0 unspecified atom stereocenters. The third-order valence-corrected chi connectivity index (χ3v) is 4.73. The SMILES string of the molecule is COc1ccc(Cl)cc1C(=O)Nc1ccc2c(c1)C(=O)Nc1cc(C)ccc1O2. The van der Waals surface area contributed by atoms with Crippen LogP contribution in [0.15, 0.2) is 54.6 Å². The van der Waals surface area contributed by atoms with Crippen molar-refractivity contribution in [3.05, 3.63) is 76.3 Å². The first-order chi connectivity index (χ1) is 13.9. The molecule has 0 aliphatic carbocycles. The second-order valence-corrected chi connectivity index (χ2v) is 7.00. The molecule has 0 radical (unpaired) electrons. The van der Waals surface area contributed by atoms with Gasteiger partial charge in [0, 0.05) is 10.7 Å². The van der Waals surface area contributed by atoms with Gasteiger partial charge in [-0.2, -0.15) is 0 Å². The minimum atomic E-state index is -0.404. The number of fused-ring (bicyclic) bond motifs is 2. The highest BCUT2D eigenvalue weighted by Gasteiger charge is 2.22. The highest BCUT2D eigenvalue weighted by atomic mass is 35.5. The van der Waals surface area contributed by atoms with Gasteiger partial charge in [-0.1, -0.05) is 17.7 Å². The fraction of sp³-hybridized carbons (Fsp3) is 0.0909. The van der Waals surface area contributed by atoms with Crippen LogP contribution < -0.4 is 20.1 Å². The predicted octanol–water partition coefficient (Wildman–Crippen LogP) is 5.27. The molecule has 0 saturated carbocycles. The first kappa shape index (κ1) is 18.8. The van der Waals surface area contributed by atoms with Gasteiger partial charge in [-0.05, 0) is 61.0 Å². The van der Waals surface area contributed by atoms with Crippen LogP contribution in [0.25, 0.3) is 0 Å².